The lowest BCUT2D eigenvalue weighted by Crippen LogP contribution is -2.35. The second-order valence-corrected chi connectivity index (χ2v) is 7.13. The van der Waals surface area contributed by atoms with Gasteiger partial charge in [0.05, 0.1) is 18.9 Å². The van der Waals surface area contributed by atoms with Crippen LogP contribution in [0.3, 0.4) is 0 Å². The SMILES string of the molecule is COc1cccc([C@H](CNC(=O)CSc2ccccc2C)N(C)C)c1. The summed E-state index contributed by atoms with van der Waals surface area (Å²) in [7, 11) is 5.69. The number of rotatable bonds is 8. The third kappa shape index (κ3) is 5.80. The average Bonchev–Trinajstić information content (AvgIpc) is 2.61. The Hall–Kier alpha value is -1.98. The fraction of sp³-hybridized carbons (Fsp3) is 0.350. The average molecular weight is 359 g/mol. The third-order valence-corrected chi connectivity index (χ3v) is 5.22. The van der Waals surface area contributed by atoms with E-state index in [1.54, 1.807) is 18.9 Å². The van der Waals surface area contributed by atoms with Gasteiger partial charge in [-0.2, -0.15) is 0 Å². The number of nitrogens with zero attached hydrogens (tertiary/aromatic N) is 1. The van der Waals surface area contributed by atoms with Crippen molar-refractivity contribution >= 4 is 17.7 Å². The molecule has 5 heteroatoms. The van der Waals surface area contributed by atoms with Crippen LogP contribution < -0.4 is 10.1 Å². The number of carbonyl (C=O) groups is 1. The Labute approximate surface area is 154 Å². The van der Waals surface area contributed by atoms with Gasteiger partial charge in [-0.3, -0.25) is 4.79 Å². The van der Waals surface area contributed by atoms with Gasteiger partial charge in [-0.05, 0) is 50.3 Å². The molecular formula is C20H26N2O2S. The summed E-state index contributed by atoms with van der Waals surface area (Å²) in [6.07, 6.45) is 0. The fourth-order valence-corrected chi connectivity index (χ4v) is 3.43. The van der Waals surface area contributed by atoms with Crippen molar-refractivity contribution in [3.63, 3.8) is 0 Å². The molecule has 0 radical (unpaired) electrons. The zero-order chi connectivity index (χ0) is 18.2. The standard InChI is InChI=1S/C20H26N2O2S/c1-15-8-5-6-11-19(15)25-14-20(23)21-13-18(22(2)3)16-9-7-10-17(12-16)24-4/h5-12,18H,13-14H2,1-4H3,(H,21,23)/t18-/m0/s1. The van der Waals surface area contributed by atoms with Crippen LogP contribution in [0.1, 0.15) is 17.2 Å². The third-order valence-electron chi connectivity index (χ3n) is 4.05. The summed E-state index contributed by atoms with van der Waals surface area (Å²) >= 11 is 1.57. The first-order valence-electron chi connectivity index (χ1n) is 8.26. The number of methoxy groups -OCH3 is 1. The van der Waals surface area contributed by atoms with E-state index in [1.807, 2.05) is 50.5 Å². The van der Waals surface area contributed by atoms with Gasteiger partial charge in [0.25, 0.3) is 0 Å². The van der Waals surface area contributed by atoms with Crippen LogP contribution in [0, 0.1) is 6.92 Å². The molecule has 134 valence electrons. The predicted molar refractivity (Wildman–Crippen MR) is 104 cm³/mol. The topological polar surface area (TPSA) is 41.6 Å². The fourth-order valence-electron chi connectivity index (χ4n) is 2.57. The van der Waals surface area contributed by atoms with E-state index in [1.165, 1.54) is 5.56 Å². The maximum absolute atomic E-state index is 12.2. The number of thioether (sulfide) groups is 1. The highest BCUT2D eigenvalue weighted by Gasteiger charge is 2.16. The largest absolute Gasteiger partial charge is 0.497 e. The molecule has 1 N–H and O–H groups in total. The molecule has 0 aliphatic heterocycles. The van der Waals surface area contributed by atoms with Crippen molar-refractivity contribution in [1.29, 1.82) is 0 Å². The van der Waals surface area contributed by atoms with Crippen LogP contribution >= 0.6 is 11.8 Å². The Morgan fingerprint density at radius 2 is 1.96 bits per heavy atom. The number of ether oxygens (including phenoxy) is 1. The predicted octanol–water partition coefficient (Wildman–Crippen LogP) is 3.51. The van der Waals surface area contributed by atoms with E-state index in [2.05, 4.69) is 29.3 Å². The highest BCUT2D eigenvalue weighted by atomic mass is 32.2. The molecule has 2 aromatic rings. The van der Waals surface area contributed by atoms with Crippen molar-refractivity contribution < 1.29 is 9.53 Å². The van der Waals surface area contributed by atoms with E-state index < -0.39 is 0 Å². The van der Waals surface area contributed by atoms with Crippen LogP contribution in [0.4, 0.5) is 0 Å². The van der Waals surface area contributed by atoms with Gasteiger partial charge in [-0.1, -0.05) is 30.3 Å². The molecule has 0 fully saturated rings. The normalized spacial score (nSPS) is 12.0. The lowest BCUT2D eigenvalue weighted by atomic mass is 10.1. The minimum absolute atomic E-state index is 0.0444. The molecular weight excluding hydrogens is 332 g/mol. The van der Waals surface area contributed by atoms with Crippen LogP contribution in [0.2, 0.25) is 0 Å². The first-order valence-corrected chi connectivity index (χ1v) is 9.25. The van der Waals surface area contributed by atoms with Crippen molar-refractivity contribution in [1.82, 2.24) is 10.2 Å². The Bertz CT molecular complexity index is 704. The quantitative estimate of drug-likeness (QED) is 0.733. The maximum Gasteiger partial charge on any atom is 0.230 e. The number of hydrogen-bond acceptors (Lipinski definition) is 4. The minimum Gasteiger partial charge on any atom is -0.497 e. The first-order chi connectivity index (χ1) is 12.0. The van der Waals surface area contributed by atoms with Crippen LogP contribution in [0.5, 0.6) is 5.75 Å². The summed E-state index contributed by atoms with van der Waals surface area (Å²) in [6.45, 7) is 2.62. The molecule has 0 aromatic heterocycles. The van der Waals surface area contributed by atoms with Gasteiger partial charge in [0.2, 0.25) is 5.91 Å². The number of carbonyl (C=O) groups excluding carboxylic acids is 1. The van der Waals surface area contributed by atoms with E-state index in [9.17, 15) is 4.79 Å². The first kappa shape index (κ1) is 19.3. The molecule has 1 amide bonds. The monoisotopic (exact) mass is 358 g/mol. The van der Waals surface area contributed by atoms with Crippen LogP contribution in [-0.2, 0) is 4.79 Å². The summed E-state index contributed by atoms with van der Waals surface area (Å²) in [6, 6.07) is 16.2. The molecule has 0 heterocycles. The van der Waals surface area contributed by atoms with E-state index in [0.29, 0.717) is 12.3 Å². The van der Waals surface area contributed by atoms with E-state index in [-0.39, 0.29) is 11.9 Å². The molecule has 0 saturated heterocycles. The van der Waals surface area contributed by atoms with Crippen molar-refractivity contribution in [3.8, 4) is 5.75 Å². The van der Waals surface area contributed by atoms with Crippen molar-refractivity contribution in [2.45, 2.75) is 17.9 Å². The highest BCUT2D eigenvalue weighted by Crippen LogP contribution is 2.23. The lowest BCUT2D eigenvalue weighted by molar-refractivity contribution is -0.118. The number of hydrogen-bond donors (Lipinski definition) is 1. The molecule has 0 unspecified atom stereocenters. The molecule has 2 rings (SSSR count). The van der Waals surface area contributed by atoms with E-state index in [4.69, 9.17) is 4.74 Å². The molecule has 0 bridgehead atoms. The minimum atomic E-state index is 0.0444. The maximum atomic E-state index is 12.2. The zero-order valence-electron chi connectivity index (χ0n) is 15.3. The van der Waals surface area contributed by atoms with Crippen molar-refractivity contribution in [2.75, 3.05) is 33.5 Å². The van der Waals surface area contributed by atoms with Crippen LogP contribution in [-0.4, -0.2) is 44.3 Å². The van der Waals surface area contributed by atoms with Crippen molar-refractivity contribution in [2.24, 2.45) is 0 Å². The Morgan fingerprint density at radius 3 is 2.64 bits per heavy atom. The molecule has 0 aliphatic rings. The van der Waals surface area contributed by atoms with Crippen LogP contribution in [0.15, 0.2) is 53.4 Å². The molecule has 1 atom stereocenters. The molecule has 4 nitrogen and oxygen atoms in total. The molecule has 25 heavy (non-hydrogen) atoms. The Morgan fingerprint density at radius 1 is 1.20 bits per heavy atom. The number of amides is 1. The molecule has 2 aromatic carbocycles. The Balaban J connectivity index is 1.92. The number of nitrogens with one attached hydrogen (secondary N) is 1. The van der Waals surface area contributed by atoms with E-state index >= 15 is 0 Å². The van der Waals surface area contributed by atoms with Gasteiger partial charge >= 0.3 is 0 Å². The number of benzene rings is 2. The van der Waals surface area contributed by atoms with Gasteiger partial charge in [0.1, 0.15) is 5.75 Å². The van der Waals surface area contributed by atoms with Gasteiger partial charge < -0.3 is 15.0 Å². The van der Waals surface area contributed by atoms with Gasteiger partial charge in [-0.15, -0.1) is 11.8 Å². The van der Waals surface area contributed by atoms with Crippen LogP contribution in [0.25, 0.3) is 0 Å². The number of likely N-dealkylation sites (N-methyl/N-ethyl adjacent to an activating group) is 1. The number of aryl methyl sites for hydroxylation is 1. The smallest absolute Gasteiger partial charge is 0.230 e. The van der Waals surface area contributed by atoms with Crippen molar-refractivity contribution in [3.05, 3.63) is 59.7 Å². The summed E-state index contributed by atoms with van der Waals surface area (Å²) in [5, 5.41) is 3.05. The molecule has 0 aliphatic carbocycles. The van der Waals surface area contributed by atoms with Gasteiger partial charge in [0.15, 0.2) is 0 Å². The summed E-state index contributed by atoms with van der Waals surface area (Å²) in [5.41, 5.74) is 2.32. The van der Waals surface area contributed by atoms with Gasteiger partial charge in [-0.25, -0.2) is 0 Å². The molecule has 0 saturated carbocycles. The Kier molecular flexibility index (Phi) is 7.34. The zero-order valence-corrected chi connectivity index (χ0v) is 16.1. The highest BCUT2D eigenvalue weighted by molar-refractivity contribution is 8.00. The lowest BCUT2D eigenvalue weighted by Gasteiger charge is -2.25. The summed E-state index contributed by atoms with van der Waals surface area (Å²) in [5.74, 6) is 1.29. The second-order valence-electron chi connectivity index (χ2n) is 6.11. The molecule has 0 spiro atoms. The van der Waals surface area contributed by atoms with E-state index in [0.717, 1.165) is 16.2 Å². The summed E-state index contributed by atoms with van der Waals surface area (Å²) in [4.78, 5) is 15.5. The summed E-state index contributed by atoms with van der Waals surface area (Å²) < 4.78 is 5.30. The van der Waals surface area contributed by atoms with Gasteiger partial charge in [0, 0.05) is 11.4 Å². The second kappa shape index (κ2) is 9.49.